The highest BCUT2D eigenvalue weighted by Gasteiger charge is 2.74. The Morgan fingerprint density at radius 3 is 2.36 bits per heavy atom. The fraction of sp³-hybridized carbons (Fsp3) is 0.407. The molecule has 0 aromatic heterocycles. The molecule has 0 saturated carbocycles. The third kappa shape index (κ3) is 3.88. The molecule has 0 N–H and O–H groups in total. The van der Waals surface area contributed by atoms with Gasteiger partial charge >= 0.3 is 18.2 Å². The molecule has 0 aliphatic carbocycles. The summed E-state index contributed by atoms with van der Waals surface area (Å²) in [4.78, 5) is 55.3. The number of halogens is 3. The number of carbonyl (C=O) groups is 4. The fourth-order valence-electron chi connectivity index (χ4n) is 5.86. The van der Waals surface area contributed by atoms with Gasteiger partial charge in [-0.1, -0.05) is 30.3 Å². The average Bonchev–Trinajstić information content (AvgIpc) is 3.46. The quantitative estimate of drug-likeness (QED) is 0.527. The van der Waals surface area contributed by atoms with Gasteiger partial charge in [0, 0.05) is 13.0 Å². The maximum Gasteiger partial charge on any atom is 0.421 e. The SMILES string of the molecule is COC(=O)[C@H]1N2C(=O)CCN2[C@@H](c2cccc(C(F)(F)F)c2)C12C(=O)N(C(=O)OC(C)(C)C)c1ccccc12. The smallest absolute Gasteiger partial charge is 0.421 e. The summed E-state index contributed by atoms with van der Waals surface area (Å²) in [5.41, 5.74) is -3.61. The van der Waals surface area contributed by atoms with Crippen molar-refractivity contribution in [3.05, 3.63) is 65.2 Å². The fourth-order valence-corrected chi connectivity index (χ4v) is 5.86. The van der Waals surface area contributed by atoms with E-state index in [0.717, 1.165) is 29.2 Å². The minimum atomic E-state index is -4.69. The molecule has 3 atom stereocenters. The van der Waals surface area contributed by atoms with Crippen LogP contribution in [0.1, 0.15) is 49.9 Å². The Balaban J connectivity index is 1.82. The van der Waals surface area contributed by atoms with Crippen LogP contribution in [0.25, 0.3) is 0 Å². The van der Waals surface area contributed by atoms with Crippen molar-refractivity contribution in [2.24, 2.45) is 0 Å². The topological polar surface area (TPSA) is 96.5 Å². The van der Waals surface area contributed by atoms with Gasteiger partial charge in [-0.15, -0.1) is 0 Å². The average molecular weight is 546 g/mol. The number of esters is 1. The lowest BCUT2D eigenvalue weighted by Gasteiger charge is -2.34. The zero-order valence-corrected chi connectivity index (χ0v) is 21.6. The second kappa shape index (κ2) is 8.80. The van der Waals surface area contributed by atoms with Gasteiger partial charge in [-0.2, -0.15) is 13.2 Å². The van der Waals surface area contributed by atoms with Crippen molar-refractivity contribution < 1.29 is 41.8 Å². The minimum Gasteiger partial charge on any atom is -0.467 e. The number of ether oxygens (including phenoxy) is 2. The monoisotopic (exact) mass is 545 g/mol. The number of anilines is 1. The van der Waals surface area contributed by atoms with E-state index in [2.05, 4.69) is 0 Å². The molecule has 0 bridgehead atoms. The Morgan fingerprint density at radius 2 is 1.72 bits per heavy atom. The first-order valence-electron chi connectivity index (χ1n) is 12.2. The number of methoxy groups -OCH3 is 1. The first-order valence-corrected chi connectivity index (χ1v) is 12.2. The lowest BCUT2D eigenvalue weighted by molar-refractivity contribution is -0.158. The van der Waals surface area contributed by atoms with Crippen molar-refractivity contribution in [1.29, 1.82) is 0 Å². The molecule has 39 heavy (non-hydrogen) atoms. The number of alkyl halides is 3. The highest BCUT2D eigenvalue weighted by Crippen LogP contribution is 2.60. The van der Waals surface area contributed by atoms with E-state index in [1.165, 1.54) is 29.3 Å². The number of hydrogen-bond acceptors (Lipinski definition) is 7. The molecular weight excluding hydrogens is 519 g/mol. The molecular formula is C27H26F3N3O6. The molecule has 2 aromatic rings. The lowest BCUT2D eigenvalue weighted by atomic mass is 9.68. The summed E-state index contributed by atoms with van der Waals surface area (Å²) in [5, 5.41) is 2.54. The van der Waals surface area contributed by atoms with E-state index in [4.69, 9.17) is 9.47 Å². The zero-order valence-electron chi connectivity index (χ0n) is 21.6. The highest BCUT2D eigenvalue weighted by atomic mass is 19.4. The highest BCUT2D eigenvalue weighted by molar-refractivity contribution is 6.23. The van der Waals surface area contributed by atoms with E-state index in [9.17, 15) is 32.3 Å². The van der Waals surface area contributed by atoms with Crippen LogP contribution in [0.3, 0.4) is 0 Å². The predicted molar refractivity (Wildman–Crippen MR) is 130 cm³/mol. The van der Waals surface area contributed by atoms with Crippen molar-refractivity contribution in [3.8, 4) is 0 Å². The summed E-state index contributed by atoms with van der Waals surface area (Å²) in [6.07, 6.45) is -5.73. The second-order valence-corrected chi connectivity index (χ2v) is 10.6. The van der Waals surface area contributed by atoms with Gasteiger partial charge in [-0.3, -0.25) is 14.6 Å². The normalized spacial score (nSPS) is 24.8. The van der Waals surface area contributed by atoms with Gasteiger partial charge in [-0.25, -0.2) is 19.5 Å². The molecule has 3 aliphatic heterocycles. The van der Waals surface area contributed by atoms with Crippen LogP contribution >= 0.6 is 0 Å². The summed E-state index contributed by atoms with van der Waals surface area (Å²) in [7, 11) is 1.09. The Labute approximate surface area is 222 Å². The Bertz CT molecular complexity index is 1390. The molecule has 12 heteroatoms. The molecule has 2 aromatic carbocycles. The van der Waals surface area contributed by atoms with Crippen LogP contribution in [0, 0.1) is 0 Å². The molecule has 1 spiro atoms. The van der Waals surface area contributed by atoms with Gasteiger partial charge in [0.1, 0.15) is 11.0 Å². The lowest BCUT2D eigenvalue weighted by Crippen LogP contribution is -2.57. The number of hydrogen-bond donors (Lipinski definition) is 0. The van der Waals surface area contributed by atoms with Crippen LogP contribution in [0.5, 0.6) is 0 Å². The van der Waals surface area contributed by atoms with E-state index in [1.54, 1.807) is 32.9 Å². The van der Waals surface area contributed by atoms with Crippen LogP contribution in [-0.4, -0.2) is 59.2 Å². The minimum absolute atomic E-state index is 0.0232. The second-order valence-electron chi connectivity index (χ2n) is 10.6. The number of imide groups is 1. The van der Waals surface area contributed by atoms with Crippen molar-refractivity contribution >= 4 is 29.6 Å². The number of benzene rings is 2. The summed E-state index contributed by atoms with van der Waals surface area (Å²) < 4.78 is 51.9. The zero-order chi connectivity index (χ0) is 28.5. The van der Waals surface area contributed by atoms with Crippen LogP contribution in [0.4, 0.5) is 23.7 Å². The summed E-state index contributed by atoms with van der Waals surface area (Å²) in [6.45, 7) is 4.89. The van der Waals surface area contributed by atoms with E-state index < -0.39 is 58.7 Å². The first kappa shape index (κ1) is 26.7. The first-order chi connectivity index (χ1) is 18.2. The number of nitrogens with zero attached hydrogens (tertiary/aromatic N) is 3. The molecule has 2 fully saturated rings. The number of rotatable bonds is 2. The maximum atomic E-state index is 14.6. The number of carbonyl (C=O) groups excluding carboxylic acids is 4. The molecule has 3 amide bonds. The maximum absolute atomic E-state index is 14.6. The van der Waals surface area contributed by atoms with Gasteiger partial charge in [-0.05, 0) is 50.1 Å². The number of amides is 3. The number of fused-ring (bicyclic) bond motifs is 3. The third-order valence-corrected chi connectivity index (χ3v) is 7.17. The number of para-hydroxylation sites is 1. The van der Waals surface area contributed by atoms with Crippen molar-refractivity contribution in [2.75, 3.05) is 18.6 Å². The van der Waals surface area contributed by atoms with Crippen molar-refractivity contribution in [2.45, 2.75) is 56.5 Å². The van der Waals surface area contributed by atoms with Gasteiger partial charge in [0.25, 0.3) is 5.91 Å². The summed E-state index contributed by atoms with van der Waals surface area (Å²) in [6, 6.07) is 7.76. The van der Waals surface area contributed by atoms with Gasteiger partial charge < -0.3 is 9.47 Å². The van der Waals surface area contributed by atoms with E-state index in [1.807, 2.05) is 0 Å². The molecule has 3 aliphatic rings. The standard InChI is InChI=1S/C27H26F3N3O6/c1-25(2,3)39-24(37)32-18-11-6-5-10-17(18)26(23(32)36)20(15-8-7-9-16(14-15)27(28,29)30)31-13-12-19(34)33(31)21(26)22(35)38-4/h5-11,14,20-21H,12-13H2,1-4H3/t20-,21+,26?/m0/s1. The predicted octanol–water partition coefficient (Wildman–Crippen LogP) is 3.97. The molecule has 3 heterocycles. The molecule has 0 radical (unpaired) electrons. The van der Waals surface area contributed by atoms with Crippen molar-refractivity contribution in [3.63, 3.8) is 0 Å². The summed E-state index contributed by atoms with van der Waals surface area (Å²) in [5.74, 6) is -2.35. The molecule has 2 saturated heterocycles. The van der Waals surface area contributed by atoms with Crippen molar-refractivity contribution in [1.82, 2.24) is 10.0 Å². The Hall–Kier alpha value is -3.93. The van der Waals surface area contributed by atoms with E-state index >= 15 is 0 Å². The van der Waals surface area contributed by atoms with Crippen LogP contribution in [0.15, 0.2) is 48.5 Å². The molecule has 1 unspecified atom stereocenters. The summed E-state index contributed by atoms with van der Waals surface area (Å²) >= 11 is 0. The van der Waals surface area contributed by atoms with Gasteiger partial charge in [0.15, 0.2) is 6.04 Å². The Morgan fingerprint density at radius 1 is 1.03 bits per heavy atom. The Kier molecular flexibility index (Phi) is 6.02. The largest absolute Gasteiger partial charge is 0.467 e. The third-order valence-electron chi connectivity index (χ3n) is 7.17. The van der Waals surface area contributed by atoms with Crippen LogP contribution in [-0.2, 0) is 35.4 Å². The van der Waals surface area contributed by atoms with Gasteiger partial charge in [0.05, 0.1) is 24.4 Å². The molecule has 5 rings (SSSR count). The van der Waals surface area contributed by atoms with E-state index in [-0.39, 0.29) is 29.8 Å². The van der Waals surface area contributed by atoms with Crippen LogP contribution in [0.2, 0.25) is 0 Å². The molecule has 206 valence electrons. The van der Waals surface area contributed by atoms with Crippen LogP contribution < -0.4 is 4.90 Å². The molecule has 9 nitrogen and oxygen atoms in total. The number of hydrazine groups is 1. The van der Waals surface area contributed by atoms with Gasteiger partial charge in [0.2, 0.25) is 5.91 Å². The van der Waals surface area contributed by atoms with E-state index in [0.29, 0.717) is 0 Å².